The highest BCUT2D eigenvalue weighted by molar-refractivity contribution is 7.89. The van der Waals surface area contributed by atoms with Gasteiger partial charge in [0.2, 0.25) is 10.0 Å². The summed E-state index contributed by atoms with van der Waals surface area (Å²) in [6.07, 6.45) is 4.69. The summed E-state index contributed by atoms with van der Waals surface area (Å²) < 4.78 is 36.1. The molecule has 3 heterocycles. The molecule has 0 spiro atoms. The molecule has 0 unspecified atom stereocenters. The van der Waals surface area contributed by atoms with E-state index in [1.807, 2.05) is 30.5 Å². The van der Waals surface area contributed by atoms with Crippen LogP contribution in [0.15, 0.2) is 59.6 Å². The van der Waals surface area contributed by atoms with Gasteiger partial charge >= 0.3 is 0 Å². The van der Waals surface area contributed by atoms with E-state index in [1.165, 1.54) is 15.3 Å². The standard InChI is InChI=1S/C19H16N4O2S2/c24-27(25,18-7-3-6-17-19(18)22-26-21-17)23-10-8-13(9-11-23)15-12-20-16-5-2-1-4-14(15)16/h1-8,12,20H,9-11H2. The lowest BCUT2D eigenvalue weighted by Gasteiger charge is -2.25. The predicted octanol–water partition coefficient (Wildman–Crippen LogP) is 3.65. The third kappa shape index (κ3) is 2.68. The summed E-state index contributed by atoms with van der Waals surface area (Å²) in [4.78, 5) is 3.52. The Morgan fingerprint density at radius 3 is 2.81 bits per heavy atom. The Balaban J connectivity index is 1.48. The average molecular weight is 396 g/mol. The van der Waals surface area contributed by atoms with E-state index in [0.717, 1.165) is 22.8 Å². The molecule has 2 aromatic carbocycles. The lowest BCUT2D eigenvalue weighted by molar-refractivity contribution is 0.442. The number of aromatic amines is 1. The van der Waals surface area contributed by atoms with Crippen molar-refractivity contribution >= 4 is 49.3 Å². The number of nitrogens with zero attached hydrogens (tertiary/aromatic N) is 3. The number of hydrogen-bond donors (Lipinski definition) is 1. The zero-order valence-corrected chi connectivity index (χ0v) is 15.9. The number of benzene rings is 2. The summed E-state index contributed by atoms with van der Waals surface area (Å²) in [6.45, 7) is 0.798. The maximum atomic E-state index is 13.1. The van der Waals surface area contributed by atoms with Gasteiger partial charge in [0.15, 0.2) is 0 Å². The molecule has 0 atom stereocenters. The monoisotopic (exact) mass is 396 g/mol. The van der Waals surface area contributed by atoms with Gasteiger partial charge in [-0.1, -0.05) is 30.3 Å². The fraction of sp³-hybridized carbons (Fsp3) is 0.158. The van der Waals surface area contributed by atoms with Crippen LogP contribution in [0.3, 0.4) is 0 Å². The molecule has 0 saturated heterocycles. The van der Waals surface area contributed by atoms with Gasteiger partial charge in [0, 0.05) is 35.8 Å². The Kier molecular flexibility index (Phi) is 3.85. The van der Waals surface area contributed by atoms with Crippen LogP contribution in [0, 0.1) is 0 Å². The predicted molar refractivity (Wildman–Crippen MR) is 107 cm³/mol. The Bertz CT molecular complexity index is 1290. The van der Waals surface area contributed by atoms with Gasteiger partial charge in [-0.3, -0.25) is 0 Å². The van der Waals surface area contributed by atoms with Crippen molar-refractivity contribution in [2.45, 2.75) is 11.3 Å². The van der Waals surface area contributed by atoms with E-state index < -0.39 is 10.0 Å². The van der Waals surface area contributed by atoms with Gasteiger partial charge in [0.25, 0.3) is 0 Å². The molecule has 1 aliphatic rings. The van der Waals surface area contributed by atoms with Crippen LogP contribution in [-0.4, -0.2) is 39.5 Å². The van der Waals surface area contributed by atoms with Gasteiger partial charge in [-0.25, -0.2) is 8.42 Å². The number of fused-ring (bicyclic) bond motifs is 2. The fourth-order valence-corrected chi connectivity index (χ4v) is 5.71. The number of rotatable bonds is 3. The van der Waals surface area contributed by atoms with Crippen molar-refractivity contribution in [1.82, 2.24) is 18.0 Å². The molecule has 0 radical (unpaired) electrons. The van der Waals surface area contributed by atoms with Crippen molar-refractivity contribution in [1.29, 1.82) is 0 Å². The van der Waals surface area contributed by atoms with Crippen LogP contribution in [0.25, 0.3) is 27.5 Å². The Hall–Kier alpha value is -2.55. The molecule has 0 bridgehead atoms. The summed E-state index contributed by atoms with van der Waals surface area (Å²) in [7, 11) is -3.61. The molecule has 6 nitrogen and oxygen atoms in total. The Labute approximate surface area is 160 Å². The minimum Gasteiger partial charge on any atom is -0.361 e. The molecule has 5 rings (SSSR count). The normalized spacial score (nSPS) is 16.1. The molecular formula is C19H16N4O2S2. The lowest BCUT2D eigenvalue weighted by Crippen LogP contribution is -2.34. The molecule has 1 N–H and O–H groups in total. The second-order valence-corrected chi connectivity index (χ2v) is 8.91. The highest BCUT2D eigenvalue weighted by Crippen LogP contribution is 2.32. The third-order valence-electron chi connectivity index (χ3n) is 4.97. The van der Waals surface area contributed by atoms with Crippen LogP contribution in [0.1, 0.15) is 12.0 Å². The van der Waals surface area contributed by atoms with Gasteiger partial charge in [-0.15, -0.1) is 0 Å². The van der Waals surface area contributed by atoms with Crippen LogP contribution in [0.2, 0.25) is 0 Å². The van der Waals surface area contributed by atoms with Crippen molar-refractivity contribution in [3.05, 3.63) is 60.3 Å². The number of hydrogen-bond acceptors (Lipinski definition) is 5. The largest absolute Gasteiger partial charge is 0.361 e. The highest BCUT2D eigenvalue weighted by Gasteiger charge is 2.29. The second-order valence-electron chi connectivity index (χ2n) is 6.48. The van der Waals surface area contributed by atoms with E-state index in [1.54, 1.807) is 18.2 Å². The summed E-state index contributed by atoms with van der Waals surface area (Å²) in [5.41, 5.74) is 4.48. The smallest absolute Gasteiger partial charge is 0.245 e. The molecule has 136 valence electrons. The minimum absolute atomic E-state index is 0.234. The Morgan fingerprint density at radius 2 is 1.96 bits per heavy atom. The molecule has 1 aliphatic heterocycles. The van der Waals surface area contributed by atoms with Gasteiger partial charge in [-0.05, 0) is 30.2 Å². The number of aromatic nitrogens is 3. The van der Waals surface area contributed by atoms with Gasteiger partial charge in [-0.2, -0.15) is 13.1 Å². The van der Waals surface area contributed by atoms with E-state index in [9.17, 15) is 8.42 Å². The lowest BCUT2D eigenvalue weighted by atomic mass is 10.00. The first-order chi connectivity index (χ1) is 13.1. The number of para-hydroxylation sites is 1. The summed E-state index contributed by atoms with van der Waals surface area (Å²) in [5.74, 6) is 0. The SMILES string of the molecule is O=S(=O)(c1cccc2nsnc12)N1CC=C(c2c[nH]c3ccccc23)CC1. The molecule has 27 heavy (non-hydrogen) atoms. The van der Waals surface area contributed by atoms with Crippen LogP contribution < -0.4 is 0 Å². The zero-order valence-electron chi connectivity index (χ0n) is 14.3. The molecule has 4 aromatic rings. The zero-order chi connectivity index (χ0) is 18.4. The van der Waals surface area contributed by atoms with Crippen LogP contribution in [-0.2, 0) is 10.0 Å². The quantitative estimate of drug-likeness (QED) is 0.573. The molecule has 0 aliphatic carbocycles. The van der Waals surface area contributed by atoms with Crippen LogP contribution >= 0.6 is 11.7 Å². The van der Waals surface area contributed by atoms with Gasteiger partial charge in [0.1, 0.15) is 15.9 Å². The van der Waals surface area contributed by atoms with E-state index in [0.29, 0.717) is 30.5 Å². The average Bonchev–Trinajstić information content (AvgIpc) is 3.34. The fourth-order valence-electron chi connectivity index (χ4n) is 3.58. The number of sulfonamides is 1. The van der Waals surface area contributed by atoms with Crippen molar-refractivity contribution in [2.24, 2.45) is 0 Å². The van der Waals surface area contributed by atoms with Gasteiger partial charge < -0.3 is 4.98 Å². The second kappa shape index (κ2) is 6.26. The molecular weight excluding hydrogens is 380 g/mol. The van der Waals surface area contributed by atoms with Crippen molar-refractivity contribution in [3.63, 3.8) is 0 Å². The maximum absolute atomic E-state index is 13.1. The molecule has 8 heteroatoms. The van der Waals surface area contributed by atoms with E-state index in [2.05, 4.69) is 19.8 Å². The summed E-state index contributed by atoms with van der Waals surface area (Å²) in [5, 5.41) is 1.17. The minimum atomic E-state index is -3.61. The molecule has 0 saturated carbocycles. The first-order valence-electron chi connectivity index (χ1n) is 8.61. The van der Waals surface area contributed by atoms with Crippen molar-refractivity contribution in [2.75, 3.05) is 13.1 Å². The first kappa shape index (κ1) is 16.6. The molecule has 0 fully saturated rings. The molecule has 0 amide bonds. The highest BCUT2D eigenvalue weighted by atomic mass is 32.2. The molecule has 2 aromatic heterocycles. The van der Waals surface area contributed by atoms with Crippen molar-refractivity contribution in [3.8, 4) is 0 Å². The first-order valence-corrected chi connectivity index (χ1v) is 10.8. The number of H-pyrrole nitrogens is 1. The van der Waals surface area contributed by atoms with Crippen LogP contribution in [0.5, 0.6) is 0 Å². The van der Waals surface area contributed by atoms with E-state index in [4.69, 9.17) is 0 Å². The van der Waals surface area contributed by atoms with Gasteiger partial charge in [0.05, 0.1) is 11.7 Å². The third-order valence-corrected chi connectivity index (χ3v) is 7.41. The summed E-state index contributed by atoms with van der Waals surface area (Å²) in [6, 6.07) is 13.2. The van der Waals surface area contributed by atoms with Crippen LogP contribution in [0.4, 0.5) is 0 Å². The van der Waals surface area contributed by atoms with Crippen molar-refractivity contribution < 1.29 is 8.42 Å². The topological polar surface area (TPSA) is 79.0 Å². The number of nitrogens with one attached hydrogen (secondary N) is 1. The van der Waals surface area contributed by atoms with E-state index >= 15 is 0 Å². The maximum Gasteiger partial charge on any atom is 0.245 e. The summed E-state index contributed by atoms with van der Waals surface area (Å²) >= 11 is 1.03. The van der Waals surface area contributed by atoms with E-state index in [-0.39, 0.29) is 4.90 Å². The Morgan fingerprint density at radius 1 is 1.07 bits per heavy atom.